The third-order valence-electron chi connectivity index (χ3n) is 3.68. The van der Waals surface area contributed by atoms with Gasteiger partial charge in [-0.15, -0.1) is 11.8 Å². The molecule has 2 aromatic rings. The molecule has 0 spiro atoms. The molecule has 2 atom stereocenters. The van der Waals surface area contributed by atoms with Gasteiger partial charge < -0.3 is 9.84 Å². The fourth-order valence-electron chi connectivity index (χ4n) is 2.27. The van der Waals surface area contributed by atoms with E-state index in [-0.39, 0.29) is 5.92 Å². The summed E-state index contributed by atoms with van der Waals surface area (Å²) >= 11 is 1.73. The summed E-state index contributed by atoms with van der Waals surface area (Å²) in [5, 5.41) is 7.38. The molecule has 0 aliphatic heterocycles. The fraction of sp³-hybridized carbons (Fsp3) is 0.500. The molecule has 114 valence electrons. The van der Waals surface area contributed by atoms with Gasteiger partial charge in [0.2, 0.25) is 5.89 Å². The topological polar surface area (TPSA) is 51.0 Å². The third kappa shape index (κ3) is 4.32. The van der Waals surface area contributed by atoms with Crippen molar-refractivity contribution < 1.29 is 4.52 Å². The van der Waals surface area contributed by atoms with Gasteiger partial charge in [-0.05, 0) is 32.5 Å². The molecule has 0 bridgehead atoms. The van der Waals surface area contributed by atoms with Crippen molar-refractivity contribution in [3.8, 4) is 0 Å². The second-order valence-electron chi connectivity index (χ2n) is 5.24. The van der Waals surface area contributed by atoms with Gasteiger partial charge in [0, 0.05) is 10.9 Å². The Hall–Kier alpha value is -1.33. The Bertz CT molecular complexity index is 549. The van der Waals surface area contributed by atoms with E-state index in [0.29, 0.717) is 6.04 Å². The van der Waals surface area contributed by atoms with Crippen LogP contribution in [-0.2, 0) is 5.75 Å². The maximum absolute atomic E-state index is 5.40. The van der Waals surface area contributed by atoms with Crippen LogP contribution >= 0.6 is 11.8 Å². The summed E-state index contributed by atoms with van der Waals surface area (Å²) in [6.45, 7) is 6.37. The molecule has 0 aliphatic carbocycles. The lowest BCUT2D eigenvalue weighted by atomic mass is 10.00. The first-order valence-corrected chi connectivity index (χ1v) is 8.31. The van der Waals surface area contributed by atoms with E-state index in [2.05, 4.69) is 60.5 Å². The second-order valence-corrected chi connectivity index (χ2v) is 6.29. The van der Waals surface area contributed by atoms with Crippen molar-refractivity contribution in [2.24, 2.45) is 0 Å². The Morgan fingerprint density at radius 3 is 2.62 bits per heavy atom. The zero-order chi connectivity index (χ0) is 15.2. The summed E-state index contributed by atoms with van der Waals surface area (Å²) in [6, 6.07) is 8.84. The third-order valence-corrected chi connectivity index (χ3v) is 4.68. The Morgan fingerprint density at radius 2 is 2.00 bits per heavy atom. The van der Waals surface area contributed by atoms with Crippen molar-refractivity contribution >= 4 is 11.8 Å². The Kier molecular flexibility index (Phi) is 5.82. The van der Waals surface area contributed by atoms with E-state index < -0.39 is 0 Å². The standard InChI is InChI=1S/C16H23N3OS/c1-5-14(17-4)12(3)16-18-15(19-20-16)10-21-13-8-6-11(2)7-9-13/h6-9,12,14,17H,5,10H2,1-4H3. The van der Waals surface area contributed by atoms with Gasteiger partial charge in [-0.25, -0.2) is 0 Å². The second kappa shape index (κ2) is 7.61. The zero-order valence-corrected chi connectivity index (χ0v) is 13.9. The number of benzene rings is 1. The van der Waals surface area contributed by atoms with Crippen LogP contribution in [0.15, 0.2) is 33.7 Å². The Balaban J connectivity index is 1.95. The molecule has 21 heavy (non-hydrogen) atoms. The van der Waals surface area contributed by atoms with Crippen molar-refractivity contribution in [3.63, 3.8) is 0 Å². The van der Waals surface area contributed by atoms with Gasteiger partial charge in [0.1, 0.15) is 0 Å². The quantitative estimate of drug-likeness (QED) is 0.789. The summed E-state index contributed by atoms with van der Waals surface area (Å²) in [5.74, 6) is 2.44. The minimum Gasteiger partial charge on any atom is -0.339 e. The molecule has 5 heteroatoms. The first-order valence-electron chi connectivity index (χ1n) is 7.33. The van der Waals surface area contributed by atoms with Crippen LogP contribution < -0.4 is 5.32 Å². The SMILES string of the molecule is CCC(NC)C(C)c1nc(CSc2ccc(C)cc2)no1. The lowest BCUT2D eigenvalue weighted by molar-refractivity contribution is 0.324. The molecule has 0 saturated carbocycles. The highest BCUT2D eigenvalue weighted by atomic mass is 32.2. The number of likely N-dealkylation sites (N-methyl/N-ethyl adjacent to an activating group) is 1. The van der Waals surface area contributed by atoms with Gasteiger partial charge in [0.15, 0.2) is 5.82 Å². The first-order chi connectivity index (χ1) is 10.1. The molecule has 1 aromatic heterocycles. The maximum Gasteiger partial charge on any atom is 0.231 e. The average Bonchev–Trinajstić information content (AvgIpc) is 2.97. The minimum absolute atomic E-state index is 0.227. The molecular weight excluding hydrogens is 282 g/mol. The van der Waals surface area contributed by atoms with Crippen molar-refractivity contribution in [1.29, 1.82) is 0 Å². The summed E-state index contributed by atoms with van der Waals surface area (Å²) in [6.07, 6.45) is 1.04. The Morgan fingerprint density at radius 1 is 1.29 bits per heavy atom. The highest BCUT2D eigenvalue weighted by Gasteiger charge is 2.21. The van der Waals surface area contributed by atoms with E-state index in [1.54, 1.807) is 11.8 Å². The molecule has 1 heterocycles. The van der Waals surface area contributed by atoms with Crippen molar-refractivity contribution in [2.75, 3.05) is 7.05 Å². The molecule has 0 aliphatic rings. The van der Waals surface area contributed by atoms with Crippen LogP contribution in [-0.4, -0.2) is 23.2 Å². The molecule has 1 aromatic carbocycles. The number of rotatable bonds is 7. The van der Waals surface area contributed by atoms with Crippen molar-refractivity contribution in [3.05, 3.63) is 41.5 Å². The van der Waals surface area contributed by atoms with Crippen LogP contribution in [0.5, 0.6) is 0 Å². The van der Waals surface area contributed by atoms with E-state index in [9.17, 15) is 0 Å². The minimum atomic E-state index is 0.227. The van der Waals surface area contributed by atoms with E-state index in [0.717, 1.165) is 23.9 Å². The van der Waals surface area contributed by atoms with Crippen LogP contribution in [0.4, 0.5) is 0 Å². The molecule has 1 N–H and O–H groups in total. The van der Waals surface area contributed by atoms with Crippen LogP contribution in [0, 0.1) is 6.92 Å². The molecule has 0 saturated heterocycles. The summed E-state index contributed by atoms with van der Waals surface area (Å²) in [7, 11) is 1.97. The number of hydrogen-bond donors (Lipinski definition) is 1. The number of nitrogens with zero attached hydrogens (tertiary/aromatic N) is 2. The molecule has 2 rings (SSSR count). The first kappa shape index (κ1) is 16.0. The maximum atomic E-state index is 5.40. The predicted molar refractivity (Wildman–Crippen MR) is 86.6 cm³/mol. The molecule has 0 amide bonds. The van der Waals surface area contributed by atoms with Crippen LogP contribution in [0.2, 0.25) is 0 Å². The average molecular weight is 305 g/mol. The van der Waals surface area contributed by atoms with E-state index in [1.807, 2.05) is 7.05 Å². The van der Waals surface area contributed by atoms with Gasteiger partial charge in [0.05, 0.1) is 11.7 Å². The molecule has 0 radical (unpaired) electrons. The smallest absolute Gasteiger partial charge is 0.231 e. The van der Waals surface area contributed by atoms with Gasteiger partial charge in [-0.2, -0.15) is 4.98 Å². The zero-order valence-electron chi connectivity index (χ0n) is 13.1. The summed E-state index contributed by atoms with van der Waals surface area (Å²) in [5.41, 5.74) is 1.27. The monoisotopic (exact) mass is 305 g/mol. The van der Waals surface area contributed by atoms with E-state index >= 15 is 0 Å². The summed E-state index contributed by atoms with van der Waals surface area (Å²) < 4.78 is 5.40. The molecule has 0 fully saturated rings. The van der Waals surface area contributed by atoms with Crippen molar-refractivity contribution in [1.82, 2.24) is 15.5 Å². The van der Waals surface area contributed by atoms with Crippen molar-refractivity contribution in [2.45, 2.75) is 49.8 Å². The fourth-order valence-corrected chi connectivity index (χ4v) is 3.01. The number of aromatic nitrogens is 2. The highest BCUT2D eigenvalue weighted by Crippen LogP contribution is 2.24. The number of hydrogen-bond acceptors (Lipinski definition) is 5. The molecule has 4 nitrogen and oxygen atoms in total. The number of thioether (sulfide) groups is 1. The van der Waals surface area contributed by atoms with Gasteiger partial charge in [-0.1, -0.05) is 36.7 Å². The van der Waals surface area contributed by atoms with Gasteiger partial charge in [-0.3, -0.25) is 0 Å². The molecular formula is C16H23N3OS. The van der Waals surface area contributed by atoms with E-state index in [4.69, 9.17) is 4.52 Å². The predicted octanol–water partition coefficient (Wildman–Crippen LogP) is 3.77. The van der Waals surface area contributed by atoms with Crippen LogP contribution in [0.25, 0.3) is 0 Å². The van der Waals surface area contributed by atoms with Gasteiger partial charge >= 0.3 is 0 Å². The van der Waals surface area contributed by atoms with Crippen LogP contribution in [0.3, 0.4) is 0 Å². The van der Waals surface area contributed by atoms with E-state index in [1.165, 1.54) is 10.5 Å². The lowest BCUT2D eigenvalue weighted by Crippen LogP contribution is -2.30. The normalized spacial score (nSPS) is 14.1. The summed E-state index contributed by atoms with van der Waals surface area (Å²) in [4.78, 5) is 5.74. The molecule has 2 unspecified atom stereocenters. The largest absolute Gasteiger partial charge is 0.339 e. The number of nitrogens with one attached hydrogen (secondary N) is 1. The highest BCUT2D eigenvalue weighted by molar-refractivity contribution is 7.98. The van der Waals surface area contributed by atoms with Crippen LogP contribution in [0.1, 0.15) is 43.5 Å². The number of aryl methyl sites for hydroxylation is 1. The van der Waals surface area contributed by atoms with Gasteiger partial charge in [0.25, 0.3) is 0 Å². The Labute approximate surface area is 130 Å². The lowest BCUT2D eigenvalue weighted by Gasteiger charge is -2.18.